The number of rotatable bonds is 4. The molecule has 0 spiro atoms. The maximum atomic E-state index is 5.76. The highest BCUT2D eigenvalue weighted by Crippen LogP contribution is 2.33. The van der Waals surface area contributed by atoms with Crippen LogP contribution in [-0.2, 0) is 0 Å². The highest BCUT2D eigenvalue weighted by molar-refractivity contribution is 4.82. The molecule has 1 unspecified atom stereocenters. The summed E-state index contributed by atoms with van der Waals surface area (Å²) in [6.07, 6.45) is 15.7. The third-order valence-corrected chi connectivity index (χ3v) is 4.74. The molecule has 94 valence electrons. The average Bonchev–Trinajstić information content (AvgIpc) is 2.71. The molecule has 0 aromatic rings. The Bertz CT molecular complexity index is 179. The molecule has 16 heavy (non-hydrogen) atoms. The standard InChI is InChI=1S/C14H28N2/c15-16-14(13-9-5-6-10-13)11-12-7-3-1-2-4-8-12/h12-14,16H,1-11,15H2. The van der Waals surface area contributed by atoms with E-state index < -0.39 is 0 Å². The normalized spacial score (nSPS) is 26.8. The maximum Gasteiger partial charge on any atom is 0.0241 e. The number of nitrogens with one attached hydrogen (secondary N) is 1. The average molecular weight is 224 g/mol. The van der Waals surface area contributed by atoms with Crippen LogP contribution >= 0.6 is 0 Å². The van der Waals surface area contributed by atoms with Crippen LogP contribution in [-0.4, -0.2) is 6.04 Å². The van der Waals surface area contributed by atoms with Gasteiger partial charge in [0.2, 0.25) is 0 Å². The molecule has 2 heteroatoms. The maximum absolute atomic E-state index is 5.76. The van der Waals surface area contributed by atoms with E-state index in [9.17, 15) is 0 Å². The van der Waals surface area contributed by atoms with Crippen LogP contribution in [0.2, 0.25) is 0 Å². The van der Waals surface area contributed by atoms with E-state index in [4.69, 9.17) is 5.84 Å². The van der Waals surface area contributed by atoms with Crippen LogP contribution < -0.4 is 11.3 Å². The summed E-state index contributed by atoms with van der Waals surface area (Å²) < 4.78 is 0. The molecule has 0 aromatic carbocycles. The molecule has 2 nitrogen and oxygen atoms in total. The Balaban J connectivity index is 1.79. The van der Waals surface area contributed by atoms with Crippen LogP contribution in [0, 0.1) is 11.8 Å². The van der Waals surface area contributed by atoms with Crippen molar-refractivity contribution < 1.29 is 0 Å². The smallest absolute Gasteiger partial charge is 0.0241 e. The second-order valence-corrected chi connectivity index (χ2v) is 5.91. The molecule has 0 amide bonds. The summed E-state index contributed by atoms with van der Waals surface area (Å²) >= 11 is 0. The highest BCUT2D eigenvalue weighted by atomic mass is 15.2. The molecule has 0 aromatic heterocycles. The van der Waals surface area contributed by atoms with E-state index in [0.717, 1.165) is 11.8 Å². The number of hydrazine groups is 1. The van der Waals surface area contributed by atoms with Gasteiger partial charge in [-0.25, -0.2) is 0 Å². The lowest BCUT2D eigenvalue weighted by atomic mass is 9.86. The monoisotopic (exact) mass is 224 g/mol. The fourth-order valence-corrected chi connectivity index (χ4v) is 3.72. The summed E-state index contributed by atoms with van der Waals surface area (Å²) in [5, 5.41) is 0. The van der Waals surface area contributed by atoms with Gasteiger partial charge in [-0.2, -0.15) is 0 Å². The molecule has 1 atom stereocenters. The quantitative estimate of drug-likeness (QED) is 0.436. The predicted molar refractivity (Wildman–Crippen MR) is 68.9 cm³/mol. The zero-order chi connectivity index (χ0) is 11.2. The summed E-state index contributed by atoms with van der Waals surface area (Å²) in [5.74, 6) is 7.58. The predicted octanol–water partition coefficient (Wildman–Crippen LogP) is 3.37. The number of nitrogens with two attached hydrogens (primary N) is 1. The molecular weight excluding hydrogens is 196 g/mol. The molecule has 2 aliphatic carbocycles. The third-order valence-electron chi connectivity index (χ3n) is 4.74. The van der Waals surface area contributed by atoms with Crippen molar-refractivity contribution in [1.82, 2.24) is 5.43 Å². The van der Waals surface area contributed by atoms with Gasteiger partial charge in [-0.1, -0.05) is 51.4 Å². The first kappa shape index (κ1) is 12.4. The van der Waals surface area contributed by atoms with Crippen LogP contribution in [0.3, 0.4) is 0 Å². The largest absolute Gasteiger partial charge is 0.271 e. The minimum atomic E-state index is 0.602. The van der Waals surface area contributed by atoms with Crippen molar-refractivity contribution in [2.24, 2.45) is 17.7 Å². The van der Waals surface area contributed by atoms with Gasteiger partial charge in [0.05, 0.1) is 0 Å². The topological polar surface area (TPSA) is 38.0 Å². The van der Waals surface area contributed by atoms with E-state index in [0.29, 0.717) is 6.04 Å². The number of hydrogen-bond donors (Lipinski definition) is 2. The second kappa shape index (κ2) is 6.61. The SMILES string of the molecule is NNC(CC1CCCCCC1)C1CCCC1. The molecule has 3 N–H and O–H groups in total. The van der Waals surface area contributed by atoms with E-state index >= 15 is 0 Å². The Morgan fingerprint density at radius 2 is 1.44 bits per heavy atom. The van der Waals surface area contributed by atoms with Crippen molar-refractivity contribution >= 4 is 0 Å². The first-order valence-corrected chi connectivity index (χ1v) is 7.36. The minimum absolute atomic E-state index is 0.602. The van der Waals surface area contributed by atoms with Crippen molar-refractivity contribution in [2.45, 2.75) is 76.7 Å². The molecule has 0 bridgehead atoms. The van der Waals surface area contributed by atoms with Gasteiger partial charge in [0.1, 0.15) is 0 Å². The van der Waals surface area contributed by atoms with Crippen LogP contribution in [0.15, 0.2) is 0 Å². The van der Waals surface area contributed by atoms with Gasteiger partial charge in [-0.3, -0.25) is 11.3 Å². The summed E-state index contributed by atoms with van der Waals surface area (Å²) in [5.41, 5.74) is 3.11. The Morgan fingerprint density at radius 1 is 0.875 bits per heavy atom. The lowest BCUT2D eigenvalue weighted by Gasteiger charge is -2.26. The Kier molecular flexibility index (Phi) is 5.11. The van der Waals surface area contributed by atoms with Gasteiger partial charge < -0.3 is 0 Å². The van der Waals surface area contributed by atoms with Gasteiger partial charge in [0.25, 0.3) is 0 Å². The van der Waals surface area contributed by atoms with E-state index in [2.05, 4.69) is 5.43 Å². The van der Waals surface area contributed by atoms with Crippen LogP contribution in [0.1, 0.15) is 70.6 Å². The van der Waals surface area contributed by atoms with E-state index in [1.54, 1.807) is 0 Å². The van der Waals surface area contributed by atoms with E-state index in [1.807, 2.05) is 0 Å². The van der Waals surface area contributed by atoms with Crippen molar-refractivity contribution in [2.75, 3.05) is 0 Å². The lowest BCUT2D eigenvalue weighted by Crippen LogP contribution is -2.41. The van der Waals surface area contributed by atoms with Gasteiger partial charge in [-0.15, -0.1) is 0 Å². The molecule has 0 heterocycles. The van der Waals surface area contributed by atoms with E-state index in [-0.39, 0.29) is 0 Å². The molecule has 2 saturated carbocycles. The van der Waals surface area contributed by atoms with Crippen molar-refractivity contribution in [1.29, 1.82) is 0 Å². The fourth-order valence-electron chi connectivity index (χ4n) is 3.72. The third kappa shape index (κ3) is 3.46. The minimum Gasteiger partial charge on any atom is -0.271 e. The highest BCUT2D eigenvalue weighted by Gasteiger charge is 2.26. The summed E-state index contributed by atoms with van der Waals surface area (Å²) in [6, 6.07) is 0.602. The zero-order valence-corrected chi connectivity index (χ0v) is 10.6. The first-order chi connectivity index (χ1) is 7.90. The molecule has 2 fully saturated rings. The number of hydrogen-bond acceptors (Lipinski definition) is 2. The first-order valence-electron chi connectivity index (χ1n) is 7.36. The lowest BCUT2D eigenvalue weighted by molar-refractivity contribution is 0.280. The molecule has 0 radical (unpaired) electrons. The van der Waals surface area contributed by atoms with Crippen molar-refractivity contribution in [3.05, 3.63) is 0 Å². The van der Waals surface area contributed by atoms with Gasteiger partial charge >= 0.3 is 0 Å². The summed E-state index contributed by atoms with van der Waals surface area (Å²) in [6.45, 7) is 0. The van der Waals surface area contributed by atoms with E-state index in [1.165, 1.54) is 70.6 Å². The van der Waals surface area contributed by atoms with Crippen molar-refractivity contribution in [3.63, 3.8) is 0 Å². The Labute approximate surface area is 100 Å². The fraction of sp³-hybridized carbons (Fsp3) is 1.00. The van der Waals surface area contributed by atoms with Gasteiger partial charge in [0, 0.05) is 6.04 Å². The summed E-state index contributed by atoms with van der Waals surface area (Å²) in [4.78, 5) is 0. The van der Waals surface area contributed by atoms with Gasteiger partial charge in [-0.05, 0) is 31.1 Å². The molecule has 0 aliphatic heterocycles. The zero-order valence-electron chi connectivity index (χ0n) is 10.6. The van der Waals surface area contributed by atoms with Crippen LogP contribution in [0.5, 0.6) is 0 Å². The Morgan fingerprint density at radius 3 is 2.00 bits per heavy atom. The van der Waals surface area contributed by atoms with Crippen molar-refractivity contribution in [3.8, 4) is 0 Å². The molecular formula is C14H28N2. The second-order valence-electron chi connectivity index (χ2n) is 5.91. The molecule has 0 saturated heterocycles. The molecule has 2 aliphatic rings. The van der Waals surface area contributed by atoms with Gasteiger partial charge in [0.15, 0.2) is 0 Å². The van der Waals surface area contributed by atoms with Crippen LogP contribution in [0.4, 0.5) is 0 Å². The summed E-state index contributed by atoms with van der Waals surface area (Å²) in [7, 11) is 0. The van der Waals surface area contributed by atoms with Crippen LogP contribution in [0.25, 0.3) is 0 Å². The molecule has 2 rings (SSSR count). The Hall–Kier alpha value is -0.0800.